The zero-order valence-electron chi connectivity index (χ0n) is 20.4. The third-order valence-corrected chi connectivity index (χ3v) is 8.23. The second-order valence-corrected chi connectivity index (χ2v) is 13.0. The van der Waals surface area contributed by atoms with E-state index in [2.05, 4.69) is 5.10 Å². The number of carbonyl (C=O) groups is 2. The van der Waals surface area contributed by atoms with Crippen molar-refractivity contribution < 1.29 is 42.2 Å². The van der Waals surface area contributed by atoms with Gasteiger partial charge in [0.25, 0.3) is 5.91 Å². The Bertz CT molecular complexity index is 1420. The van der Waals surface area contributed by atoms with Crippen LogP contribution in [0.4, 0.5) is 32.6 Å². The van der Waals surface area contributed by atoms with Gasteiger partial charge in [-0.3, -0.25) is 14.3 Å². The summed E-state index contributed by atoms with van der Waals surface area (Å²) in [7, 11) is -9.81. The monoisotopic (exact) mass is 601 g/mol. The van der Waals surface area contributed by atoms with Gasteiger partial charge in [-0.1, -0.05) is 31.2 Å². The van der Waals surface area contributed by atoms with Crippen molar-refractivity contribution in [3.05, 3.63) is 59.3 Å². The third kappa shape index (κ3) is 7.24. The average Bonchev–Trinajstić information content (AvgIpc) is 3.17. The summed E-state index contributed by atoms with van der Waals surface area (Å²) >= 11 is -0.161. The van der Waals surface area contributed by atoms with Crippen LogP contribution in [0.15, 0.2) is 47.5 Å². The van der Waals surface area contributed by atoms with E-state index in [9.17, 15) is 42.2 Å². The second kappa shape index (κ2) is 9.39. The molecule has 0 aliphatic carbocycles. The summed E-state index contributed by atoms with van der Waals surface area (Å²) < 4.78 is 103. The summed E-state index contributed by atoms with van der Waals surface area (Å²) in [5, 5.41) is 5.14. The van der Waals surface area contributed by atoms with Crippen molar-refractivity contribution in [1.29, 1.82) is 0 Å². The summed E-state index contributed by atoms with van der Waals surface area (Å²) in [6.07, 6.45) is 1.79. The van der Waals surface area contributed by atoms with Crippen molar-refractivity contribution >= 4 is 44.6 Å². The minimum absolute atomic E-state index is 0.0134. The van der Waals surface area contributed by atoms with Gasteiger partial charge in [0, 0.05) is 60.4 Å². The van der Waals surface area contributed by atoms with Gasteiger partial charge in [-0.25, -0.2) is 0 Å². The molecule has 5 nitrogen and oxygen atoms in total. The molecule has 1 aromatic heterocycles. The number of hydrogen-bond donors (Lipinski definition) is 0. The Hall–Kier alpha value is -2.81. The Morgan fingerprint density at radius 3 is 2.28 bits per heavy atom. The van der Waals surface area contributed by atoms with E-state index in [1.165, 1.54) is 4.90 Å². The number of rotatable bonds is 9. The number of Topliss-reactive ketones (excluding diaryl/α,β-unsaturated/α-hetero) is 1. The number of ketones is 1. The molecule has 4 rings (SSSR count). The van der Waals surface area contributed by atoms with E-state index < -0.39 is 26.5 Å². The van der Waals surface area contributed by atoms with Gasteiger partial charge < -0.3 is 4.90 Å². The van der Waals surface area contributed by atoms with Gasteiger partial charge in [0.1, 0.15) is 4.90 Å². The Balaban J connectivity index is 1.34. The van der Waals surface area contributed by atoms with Crippen LogP contribution in [0.2, 0.25) is 0 Å². The fourth-order valence-electron chi connectivity index (χ4n) is 4.33. The Morgan fingerprint density at radius 1 is 1.05 bits per heavy atom. The molecule has 1 aliphatic rings. The topological polar surface area (TPSA) is 55.2 Å². The van der Waals surface area contributed by atoms with Crippen LogP contribution >= 0.6 is 22.0 Å². The maximum absolute atomic E-state index is 12.9. The predicted octanol–water partition coefficient (Wildman–Crippen LogP) is 7.99. The largest absolute Gasteiger partial charge is 0.441 e. The smallest absolute Gasteiger partial charge is 0.338 e. The number of aromatic nitrogens is 2. The van der Waals surface area contributed by atoms with Gasteiger partial charge in [-0.2, -0.15) is 18.3 Å². The first-order valence-electron chi connectivity index (χ1n) is 11.6. The molecule has 0 saturated carbocycles. The van der Waals surface area contributed by atoms with Crippen LogP contribution in [0.3, 0.4) is 0 Å². The number of amides is 1. The molecule has 0 atom stereocenters. The van der Waals surface area contributed by atoms with Gasteiger partial charge in [0.05, 0.1) is 5.52 Å². The number of benzene rings is 2. The van der Waals surface area contributed by atoms with Crippen LogP contribution < -0.4 is 0 Å². The van der Waals surface area contributed by atoms with E-state index >= 15 is 0 Å². The zero-order chi connectivity index (χ0) is 28.9. The van der Waals surface area contributed by atoms with E-state index in [1.54, 1.807) is 29.9 Å². The van der Waals surface area contributed by atoms with Crippen LogP contribution in [-0.4, -0.2) is 50.7 Å². The maximum Gasteiger partial charge on any atom is 0.441 e. The van der Waals surface area contributed by atoms with E-state index in [4.69, 9.17) is 0 Å². The third-order valence-electron chi connectivity index (χ3n) is 6.25. The molecule has 2 heterocycles. The Labute approximate surface area is 222 Å². The first kappa shape index (κ1) is 29.2. The molecule has 0 radical (unpaired) electrons. The molecule has 1 amide bonds. The van der Waals surface area contributed by atoms with Gasteiger partial charge >= 0.3 is 15.7 Å². The molecule has 0 spiro atoms. The summed E-state index contributed by atoms with van der Waals surface area (Å²) in [4.78, 5) is 24.4. The van der Waals surface area contributed by atoms with Gasteiger partial charge in [-0.05, 0) is 55.3 Å². The first-order valence-corrected chi connectivity index (χ1v) is 14.6. The lowest BCUT2D eigenvalue weighted by atomic mass is 9.99. The quantitative estimate of drug-likeness (QED) is 0.142. The molecular formula is C24H23F8N3O2S2. The molecule has 1 aliphatic heterocycles. The fourth-order valence-corrected chi connectivity index (χ4v) is 5.50. The van der Waals surface area contributed by atoms with E-state index in [1.807, 2.05) is 0 Å². The molecule has 1 saturated heterocycles. The van der Waals surface area contributed by atoms with Crippen molar-refractivity contribution in [2.45, 2.75) is 36.7 Å². The number of hydrogen-bond acceptors (Lipinski definition) is 4. The first-order chi connectivity index (χ1) is 17.8. The van der Waals surface area contributed by atoms with Crippen molar-refractivity contribution in [1.82, 2.24) is 14.7 Å². The summed E-state index contributed by atoms with van der Waals surface area (Å²) in [5.41, 5.74) is -2.78. The summed E-state index contributed by atoms with van der Waals surface area (Å²) in [6, 6.07) is 5.27. The van der Waals surface area contributed by atoms with E-state index in [-0.39, 0.29) is 72.8 Å². The number of fused-ring (bicyclic) bond motifs is 1. The minimum Gasteiger partial charge on any atom is -0.338 e. The van der Waals surface area contributed by atoms with Crippen LogP contribution in [0.25, 0.3) is 10.9 Å². The highest BCUT2D eigenvalue weighted by Crippen LogP contribution is 3.02. The lowest BCUT2D eigenvalue weighted by Crippen LogP contribution is -2.51. The highest BCUT2D eigenvalue weighted by molar-refractivity contribution is 8.45. The lowest BCUT2D eigenvalue weighted by molar-refractivity contribution is -0.0328. The van der Waals surface area contributed by atoms with Crippen molar-refractivity contribution in [2.24, 2.45) is 5.92 Å². The van der Waals surface area contributed by atoms with Crippen LogP contribution in [0.5, 0.6) is 0 Å². The van der Waals surface area contributed by atoms with E-state index in [0.29, 0.717) is 28.6 Å². The molecule has 0 N–H and O–H groups in total. The van der Waals surface area contributed by atoms with Crippen molar-refractivity contribution in [2.75, 3.05) is 18.8 Å². The molecule has 1 fully saturated rings. The standard InChI is InChI=1S/C24H23F8N3O2S2/c1-15-9-21-18(10-20(15)22(36)3-2-8-38-24(25,26)27)14-35(33-21)13-16-11-34(12-16)23(37)17-4-6-19(7-5-17)39(28,29,30,31)32/h4-7,9-10,14,16H,2-3,8,11-13H2,1H3. The summed E-state index contributed by atoms with van der Waals surface area (Å²) in [6.45, 7) is 2.71. The highest BCUT2D eigenvalue weighted by Gasteiger charge is 2.65. The minimum atomic E-state index is -9.81. The average molecular weight is 602 g/mol. The number of thioether (sulfide) groups is 1. The molecule has 0 unspecified atom stereocenters. The maximum atomic E-state index is 12.9. The number of aryl methyl sites for hydroxylation is 1. The predicted molar refractivity (Wildman–Crippen MR) is 134 cm³/mol. The molecule has 214 valence electrons. The fraction of sp³-hybridized carbons (Fsp3) is 0.375. The molecule has 39 heavy (non-hydrogen) atoms. The normalized spacial score (nSPS) is 16.6. The molecular weight excluding hydrogens is 578 g/mol. The van der Waals surface area contributed by atoms with Crippen molar-refractivity contribution in [3.8, 4) is 0 Å². The van der Waals surface area contributed by atoms with Crippen LogP contribution in [-0.2, 0) is 6.54 Å². The van der Waals surface area contributed by atoms with Crippen molar-refractivity contribution in [3.63, 3.8) is 0 Å². The number of halogens is 8. The van der Waals surface area contributed by atoms with E-state index in [0.717, 1.165) is 12.1 Å². The Morgan fingerprint density at radius 2 is 1.69 bits per heavy atom. The highest BCUT2D eigenvalue weighted by atomic mass is 32.5. The Kier molecular flexibility index (Phi) is 7.02. The SMILES string of the molecule is Cc1cc2nn(CC3CN(C(=O)c4ccc(S(F)(F)(F)(F)F)cc4)C3)cc2cc1C(=O)CCCSC(F)(F)F. The lowest BCUT2D eigenvalue weighted by Gasteiger charge is -2.41. The molecule has 2 aromatic carbocycles. The number of alkyl halides is 3. The summed E-state index contributed by atoms with van der Waals surface area (Å²) in [5.74, 6) is -1.05. The van der Waals surface area contributed by atoms with Crippen LogP contribution in [0, 0.1) is 12.8 Å². The molecule has 3 aromatic rings. The second-order valence-electron chi connectivity index (χ2n) is 9.47. The number of carbonyl (C=O) groups excluding carboxylic acids is 2. The zero-order valence-corrected chi connectivity index (χ0v) is 22.0. The number of likely N-dealkylation sites (tertiary alicyclic amines) is 1. The van der Waals surface area contributed by atoms with Crippen LogP contribution in [0.1, 0.15) is 39.1 Å². The van der Waals surface area contributed by atoms with Gasteiger partial charge in [-0.15, -0.1) is 0 Å². The molecule has 15 heteroatoms. The molecule has 0 bridgehead atoms. The number of nitrogens with zero attached hydrogens (tertiary/aromatic N) is 3. The van der Waals surface area contributed by atoms with Gasteiger partial charge in [0.2, 0.25) is 0 Å². The van der Waals surface area contributed by atoms with Gasteiger partial charge in [0.15, 0.2) is 5.78 Å².